The number of carbonyl (C=O) groups is 2. The highest BCUT2D eigenvalue weighted by Gasteiger charge is 2.32. The molecule has 5 N–H and O–H groups in total. The monoisotopic (exact) mass is 582 g/mol. The van der Waals surface area contributed by atoms with Gasteiger partial charge in [0.25, 0.3) is 0 Å². The summed E-state index contributed by atoms with van der Waals surface area (Å²) in [6, 6.07) is 12.7. The lowest BCUT2D eigenvalue weighted by atomic mass is 10.00. The van der Waals surface area contributed by atoms with Gasteiger partial charge in [-0.05, 0) is 29.2 Å². The number of rotatable bonds is 12. The summed E-state index contributed by atoms with van der Waals surface area (Å²) < 4.78 is 26.8. The maximum Gasteiger partial charge on any atom is 0.243 e. The Morgan fingerprint density at radius 2 is 1.69 bits per heavy atom. The van der Waals surface area contributed by atoms with Crippen LogP contribution in [0.15, 0.2) is 42.5 Å². The third-order valence-corrected chi connectivity index (χ3v) is 8.53. The summed E-state index contributed by atoms with van der Waals surface area (Å²) in [6.07, 6.45) is 6.25. The van der Waals surface area contributed by atoms with Crippen LogP contribution >= 0.6 is 12.4 Å². The van der Waals surface area contributed by atoms with Gasteiger partial charge in [0.15, 0.2) is 0 Å². The van der Waals surface area contributed by atoms with Gasteiger partial charge in [0.2, 0.25) is 21.8 Å². The van der Waals surface area contributed by atoms with Crippen LogP contribution in [0.2, 0.25) is 0 Å². The van der Waals surface area contributed by atoms with Crippen LogP contribution in [-0.2, 0) is 26.0 Å². The van der Waals surface area contributed by atoms with Gasteiger partial charge in [-0.25, -0.2) is 8.42 Å². The van der Waals surface area contributed by atoms with Crippen molar-refractivity contribution in [2.45, 2.75) is 70.1 Å². The molecule has 0 bridgehead atoms. The van der Waals surface area contributed by atoms with E-state index in [0.29, 0.717) is 0 Å². The van der Waals surface area contributed by atoms with Gasteiger partial charge in [-0.2, -0.15) is 4.31 Å². The molecule has 2 aromatic carbocycles. The zero-order valence-corrected chi connectivity index (χ0v) is 24.5. The number of sulfonamides is 1. The third-order valence-electron chi connectivity index (χ3n) is 7.23. The van der Waals surface area contributed by atoms with Gasteiger partial charge in [-0.1, -0.05) is 75.1 Å². The number of benzene rings is 2. The van der Waals surface area contributed by atoms with E-state index in [9.17, 15) is 23.1 Å². The Morgan fingerprint density at radius 1 is 1.05 bits per heavy atom. The maximum absolute atomic E-state index is 13.3. The Morgan fingerprint density at radius 3 is 2.31 bits per heavy atom. The van der Waals surface area contributed by atoms with E-state index >= 15 is 0 Å². The van der Waals surface area contributed by atoms with E-state index < -0.39 is 39.9 Å². The number of halogens is 1. The van der Waals surface area contributed by atoms with Crippen molar-refractivity contribution in [3.8, 4) is 0 Å². The van der Waals surface area contributed by atoms with E-state index in [1.165, 1.54) is 10.6 Å². The summed E-state index contributed by atoms with van der Waals surface area (Å²) in [5.74, 6) is -1.49. The maximum atomic E-state index is 13.3. The molecule has 11 heteroatoms. The van der Waals surface area contributed by atoms with Crippen molar-refractivity contribution < 1.29 is 23.1 Å². The molecule has 0 heterocycles. The number of nitrogens with one attached hydrogen (secondary N) is 2. The van der Waals surface area contributed by atoms with Crippen LogP contribution < -0.4 is 16.4 Å². The molecule has 1 saturated carbocycles. The molecular weight excluding hydrogens is 540 g/mol. The second-order valence-corrected chi connectivity index (χ2v) is 12.4. The second kappa shape index (κ2) is 15.5. The van der Waals surface area contributed by atoms with Gasteiger partial charge < -0.3 is 21.5 Å². The largest absolute Gasteiger partial charge is 0.390 e. The fourth-order valence-electron chi connectivity index (χ4n) is 5.00. The minimum absolute atomic E-state index is 0. The molecule has 3 rings (SSSR count). The van der Waals surface area contributed by atoms with Gasteiger partial charge in [0, 0.05) is 38.0 Å². The molecule has 0 aliphatic heterocycles. The molecule has 2 aromatic rings. The van der Waals surface area contributed by atoms with Crippen molar-refractivity contribution in [2.75, 3.05) is 25.9 Å². The van der Waals surface area contributed by atoms with Gasteiger partial charge in [-0.15, -0.1) is 12.4 Å². The van der Waals surface area contributed by atoms with Crippen LogP contribution in [0.1, 0.15) is 51.0 Å². The molecule has 9 nitrogen and oxygen atoms in total. The van der Waals surface area contributed by atoms with Crippen LogP contribution in [-0.4, -0.2) is 73.7 Å². The summed E-state index contributed by atoms with van der Waals surface area (Å²) in [7, 11) is -3.51. The molecule has 0 saturated heterocycles. The first kappa shape index (κ1) is 33.0. The molecule has 39 heavy (non-hydrogen) atoms. The lowest BCUT2D eigenvalue weighted by Crippen LogP contribution is -2.52. The summed E-state index contributed by atoms with van der Waals surface area (Å²) in [5, 5.41) is 17.4. The number of fused-ring (bicyclic) bond motifs is 1. The SMILES string of the molecule is CC(CN(C1CCCCCC1)S(C)(=O)=O)C(=O)N[C@H](Cc1ccc2ccccc2c1)C(=O)NCC(O)CN.Cl. The summed E-state index contributed by atoms with van der Waals surface area (Å²) in [6.45, 7) is 1.72. The Bertz CT molecular complexity index is 1190. The van der Waals surface area contributed by atoms with E-state index in [1.807, 2.05) is 42.5 Å². The van der Waals surface area contributed by atoms with Gasteiger partial charge in [0.05, 0.1) is 12.4 Å². The number of hydrogen-bond donors (Lipinski definition) is 4. The Kier molecular flexibility index (Phi) is 13.1. The van der Waals surface area contributed by atoms with Crippen molar-refractivity contribution in [1.82, 2.24) is 14.9 Å². The van der Waals surface area contributed by atoms with E-state index in [4.69, 9.17) is 5.73 Å². The summed E-state index contributed by atoms with van der Waals surface area (Å²) in [4.78, 5) is 26.4. The smallest absolute Gasteiger partial charge is 0.243 e. The zero-order valence-electron chi connectivity index (χ0n) is 22.8. The Balaban J connectivity index is 0.00000533. The number of carbonyl (C=O) groups excluding carboxylic acids is 2. The molecule has 2 amide bonds. The molecule has 1 aliphatic rings. The fraction of sp³-hybridized carbons (Fsp3) is 0.571. The molecule has 1 aliphatic carbocycles. The number of amides is 2. The molecule has 1 fully saturated rings. The molecule has 218 valence electrons. The van der Waals surface area contributed by atoms with Crippen molar-refractivity contribution in [2.24, 2.45) is 11.7 Å². The van der Waals surface area contributed by atoms with E-state index in [2.05, 4.69) is 10.6 Å². The average molecular weight is 583 g/mol. The van der Waals surface area contributed by atoms with Crippen molar-refractivity contribution >= 4 is 45.0 Å². The quantitative estimate of drug-likeness (QED) is 0.283. The Labute approximate surface area is 238 Å². The first-order chi connectivity index (χ1) is 18.1. The van der Waals surface area contributed by atoms with Crippen molar-refractivity contribution in [1.29, 1.82) is 0 Å². The highest BCUT2D eigenvalue weighted by molar-refractivity contribution is 7.88. The topological polar surface area (TPSA) is 142 Å². The minimum atomic E-state index is -3.51. The Hall–Kier alpha value is -2.24. The lowest BCUT2D eigenvalue weighted by Gasteiger charge is -2.31. The number of hydrogen-bond acceptors (Lipinski definition) is 6. The van der Waals surface area contributed by atoms with Crippen LogP contribution in [0.3, 0.4) is 0 Å². The molecule has 2 unspecified atom stereocenters. The van der Waals surface area contributed by atoms with E-state index in [1.54, 1.807) is 6.92 Å². The summed E-state index contributed by atoms with van der Waals surface area (Å²) in [5.41, 5.74) is 6.33. The number of nitrogens with zero attached hydrogens (tertiary/aromatic N) is 1. The van der Waals surface area contributed by atoms with Crippen LogP contribution in [0.4, 0.5) is 0 Å². The molecule has 0 spiro atoms. The van der Waals surface area contributed by atoms with E-state index in [-0.39, 0.29) is 44.5 Å². The first-order valence-electron chi connectivity index (χ1n) is 13.5. The molecular formula is C28H43ClN4O5S. The minimum Gasteiger partial charge on any atom is -0.390 e. The second-order valence-electron chi connectivity index (χ2n) is 10.5. The standard InChI is InChI=1S/C28H42N4O5S.ClH/c1-20(19-32(38(2,36)37)24-11-5-3-4-6-12-24)27(34)31-26(28(35)30-18-25(33)17-29)16-21-13-14-22-9-7-8-10-23(22)15-21;/h7-10,13-15,20,24-26,33H,3-6,11-12,16-19,29H2,1-2H3,(H,30,35)(H,31,34);1H/t20?,25?,26-;/m1./s1. The number of aliphatic hydroxyl groups is 1. The molecule has 3 atom stereocenters. The first-order valence-corrected chi connectivity index (χ1v) is 15.3. The lowest BCUT2D eigenvalue weighted by molar-refractivity contribution is -0.131. The predicted molar refractivity (Wildman–Crippen MR) is 157 cm³/mol. The van der Waals surface area contributed by atoms with Gasteiger partial charge in [0.1, 0.15) is 6.04 Å². The molecule has 0 radical (unpaired) electrons. The molecule has 0 aromatic heterocycles. The fourth-order valence-corrected chi connectivity index (χ4v) is 6.25. The summed E-state index contributed by atoms with van der Waals surface area (Å²) >= 11 is 0. The third kappa shape index (κ3) is 10.0. The number of aliphatic hydroxyl groups excluding tert-OH is 1. The van der Waals surface area contributed by atoms with Gasteiger partial charge in [-0.3, -0.25) is 9.59 Å². The van der Waals surface area contributed by atoms with Crippen molar-refractivity contribution in [3.05, 3.63) is 48.0 Å². The normalized spacial score (nSPS) is 17.1. The van der Waals surface area contributed by atoms with Crippen LogP contribution in [0.25, 0.3) is 10.8 Å². The highest BCUT2D eigenvalue weighted by atomic mass is 35.5. The predicted octanol–water partition coefficient (Wildman–Crippen LogP) is 2.35. The van der Waals surface area contributed by atoms with Gasteiger partial charge >= 0.3 is 0 Å². The van der Waals surface area contributed by atoms with Crippen molar-refractivity contribution in [3.63, 3.8) is 0 Å². The van der Waals surface area contributed by atoms with Crippen LogP contribution in [0, 0.1) is 5.92 Å². The van der Waals surface area contributed by atoms with Crippen LogP contribution in [0.5, 0.6) is 0 Å². The average Bonchev–Trinajstić information content (AvgIpc) is 3.18. The highest BCUT2D eigenvalue weighted by Crippen LogP contribution is 2.25. The van der Waals surface area contributed by atoms with E-state index in [0.717, 1.165) is 54.9 Å². The number of nitrogens with two attached hydrogens (primary N) is 1. The zero-order chi connectivity index (χ0) is 27.7.